The van der Waals surface area contributed by atoms with Crippen LogP contribution in [0.15, 0.2) is 30.8 Å². The molecule has 0 aliphatic carbocycles. The fourth-order valence-corrected chi connectivity index (χ4v) is 3.09. The van der Waals surface area contributed by atoms with Gasteiger partial charge in [0.25, 0.3) is 0 Å². The van der Waals surface area contributed by atoms with E-state index in [1.54, 1.807) is 30.3 Å². The molecule has 2 aromatic rings. The molecule has 2 heterocycles. The van der Waals surface area contributed by atoms with Gasteiger partial charge >= 0.3 is 6.18 Å². The average molecular weight is 430 g/mol. The van der Waals surface area contributed by atoms with Crippen LogP contribution in [-0.4, -0.2) is 67.9 Å². The van der Waals surface area contributed by atoms with Crippen molar-refractivity contribution in [1.29, 1.82) is 0 Å². The second kappa shape index (κ2) is 8.74. The van der Waals surface area contributed by atoms with Crippen molar-refractivity contribution in [3.05, 3.63) is 53.2 Å². The number of alkyl halides is 3. The van der Waals surface area contributed by atoms with E-state index in [1.165, 1.54) is 0 Å². The first-order valence-electron chi connectivity index (χ1n) is 8.98. The monoisotopic (exact) mass is 430 g/mol. The van der Waals surface area contributed by atoms with E-state index >= 15 is 0 Å². The summed E-state index contributed by atoms with van der Waals surface area (Å²) in [7, 11) is 0. The van der Waals surface area contributed by atoms with Gasteiger partial charge < -0.3 is 29.9 Å². The van der Waals surface area contributed by atoms with E-state index in [0.717, 1.165) is 5.56 Å². The molecule has 0 unspecified atom stereocenters. The van der Waals surface area contributed by atoms with Gasteiger partial charge in [0, 0.05) is 6.42 Å². The highest BCUT2D eigenvalue weighted by atomic mass is 19.4. The van der Waals surface area contributed by atoms with Crippen LogP contribution >= 0.6 is 0 Å². The largest absolute Gasteiger partial charge is 0.443 e. The van der Waals surface area contributed by atoms with Gasteiger partial charge in [-0.15, -0.1) is 5.10 Å². The van der Waals surface area contributed by atoms with Crippen molar-refractivity contribution in [2.45, 2.75) is 43.3 Å². The Kier molecular flexibility index (Phi) is 6.48. The third-order valence-corrected chi connectivity index (χ3v) is 4.79. The summed E-state index contributed by atoms with van der Waals surface area (Å²) in [5.41, 5.74) is -0.133. The van der Waals surface area contributed by atoms with Crippen LogP contribution in [0.3, 0.4) is 0 Å². The Morgan fingerprint density at radius 3 is 2.37 bits per heavy atom. The van der Waals surface area contributed by atoms with Gasteiger partial charge in [-0.1, -0.05) is 36.9 Å². The van der Waals surface area contributed by atoms with Crippen LogP contribution in [0.5, 0.6) is 5.88 Å². The molecule has 0 amide bonds. The van der Waals surface area contributed by atoms with Crippen LogP contribution in [0.2, 0.25) is 0 Å². The van der Waals surface area contributed by atoms with Crippen molar-refractivity contribution >= 4 is 6.08 Å². The molecule has 1 aliphatic rings. The van der Waals surface area contributed by atoms with E-state index in [1.807, 2.05) is 5.10 Å². The zero-order chi connectivity index (χ0) is 22.1. The Bertz CT molecular complexity index is 868. The van der Waals surface area contributed by atoms with Crippen LogP contribution in [0.25, 0.3) is 6.08 Å². The quantitative estimate of drug-likeness (QED) is 0.460. The molecule has 0 saturated carbocycles. The van der Waals surface area contributed by atoms with Crippen molar-refractivity contribution in [2.24, 2.45) is 0 Å². The number of hydrogen-bond acceptors (Lipinski definition) is 7. The number of hydrogen-bond donors (Lipinski definition) is 5. The summed E-state index contributed by atoms with van der Waals surface area (Å²) in [5.74, 6) is -0.487. The molecular formula is C19H21F3N2O6. The summed E-state index contributed by atoms with van der Waals surface area (Å²) in [4.78, 5) is 0. The van der Waals surface area contributed by atoms with Crippen molar-refractivity contribution in [3.63, 3.8) is 0 Å². The first-order valence-corrected chi connectivity index (χ1v) is 8.98. The summed E-state index contributed by atoms with van der Waals surface area (Å²) in [6.07, 6.45) is -11.4. The van der Waals surface area contributed by atoms with Gasteiger partial charge in [0.2, 0.25) is 12.2 Å². The van der Waals surface area contributed by atoms with Crippen molar-refractivity contribution in [2.75, 3.05) is 6.61 Å². The SMILES string of the molecule is C=Cc1ccc(Cc2c(O[C@H]3O[C@H](CO)[C@@H](O)[C@H](O)[C@H]3O)n[nH]c2C(F)(F)F)cc1. The highest BCUT2D eigenvalue weighted by Gasteiger charge is 2.46. The first-order chi connectivity index (χ1) is 14.2. The summed E-state index contributed by atoms with van der Waals surface area (Å²) in [6.45, 7) is 2.91. The molecule has 1 fully saturated rings. The molecule has 8 nitrogen and oxygen atoms in total. The van der Waals surface area contributed by atoms with Gasteiger partial charge in [0.15, 0.2) is 0 Å². The van der Waals surface area contributed by atoms with Crippen molar-refractivity contribution < 1.29 is 43.1 Å². The fourth-order valence-electron chi connectivity index (χ4n) is 3.09. The van der Waals surface area contributed by atoms with Gasteiger partial charge in [0.1, 0.15) is 30.1 Å². The molecule has 1 aliphatic heterocycles. The van der Waals surface area contributed by atoms with Gasteiger partial charge in [-0.05, 0) is 11.1 Å². The topological polar surface area (TPSA) is 128 Å². The van der Waals surface area contributed by atoms with Gasteiger partial charge in [0.05, 0.1) is 12.2 Å². The minimum atomic E-state index is -4.75. The van der Waals surface area contributed by atoms with Crippen LogP contribution < -0.4 is 4.74 Å². The number of halogens is 3. The van der Waals surface area contributed by atoms with E-state index in [9.17, 15) is 33.6 Å². The van der Waals surface area contributed by atoms with E-state index in [0.29, 0.717) is 5.56 Å². The van der Waals surface area contributed by atoms with Gasteiger partial charge in [-0.25, -0.2) is 0 Å². The van der Waals surface area contributed by atoms with Gasteiger partial charge in [-0.2, -0.15) is 13.2 Å². The first kappa shape index (κ1) is 22.2. The second-order valence-electron chi connectivity index (χ2n) is 6.82. The number of aromatic amines is 1. The number of aliphatic hydroxyl groups is 4. The maximum Gasteiger partial charge on any atom is 0.433 e. The van der Waals surface area contributed by atoms with Crippen LogP contribution in [0.1, 0.15) is 22.4 Å². The minimum absolute atomic E-state index is 0.199. The summed E-state index contributed by atoms with van der Waals surface area (Å²) < 4.78 is 50.8. The lowest BCUT2D eigenvalue weighted by Gasteiger charge is -2.39. The number of benzene rings is 1. The highest BCUT2D eigenvalue weighted by Crippen LogP contribution is 2.36. The lowest BCUT2D eigenvalue weighted by atomic mass is 9.99. The number of aliphatic hydroxyl groups excluding tert-OH is 4. The molecule has 1 aromatic heterocycles. The maximum atomic E-state index is 13.4. The lowest BCUT2D eigenvalue weighted by molar-refractivity contribution is -0.278. The predicted octanol–water partition coefficient (Wildman–Crippen LogP) is 0.841. The van der Waals surface area contributed by atoms with Crippen LogP contribution in [-0.2, 0) is 17.3 Å². The molecule has 164 valence electrons. The normalized spacial score (nSPS) is 27.1. The molecule has 5 atom stereocenters. The Hall–Kier alpha value is -2.44. The molecule has 1 aromatic carbocycles. The molecule has 0 bridgehead atoms. The zero-order valence-corrected chi connectivity index (χ0v) is 15.6. The minimum Gasteiger partial charge on any atom is -0.443 e. The number of aromatic nitrogens is 2. The number of H-pyrrole nitrogens is 1. The van der Waals surface area contributed by atoms with E-state index in [-0.39, 0.29) is 12.0 Å². The Morgan fingerprint density at radius 1 is 1.13 bits per heavy atom. The molecule has 11 heteroatoms. The molecule has 0 radical (unpaired) electrons. The van der Waals surface area contributed by atoms with Crippen LogP contribution in [0.4, 0.5) is 13.2 Å². The van der Waals surface area contributed by atoms with E-state index < -0.39 is 55.1 Å². The predicted molar refractivity (Wildman–Crippen MR) is 97.3 cm³/mol. The second-order valence-corrected chi connectivity index (χ2v) is 6.82. The van der Waals surface area contributed by atoms with Gasteiger partial charge in [-0.3, -0.25) is 5.10 Å². The van der Waals surface area contributed by atoms with Crippen molar-refractivity contribution in [1.82, 2.24) is 10.2 Å². The van der Waals surface area contributed by atoms with Crippen LogP contribution in [0, 0.1) is 0 Å². The maximum absolute atomic E-state index is 13.4. The summed E-state index contributed by atoms with van der Waals surface area (Å²) >= 11 is 0. The van der Waals surface area contributed by atoms with E-state index in [4.69, 9.17) is 9.47 Å². The molecule has 0 spiro atoms. The zero-order valence-electron chi connectivity index (χ0n) is 15.6. The summed E-state index contributed by atoms with van der Waals surface area (Å²) in [5, 5.41) is 44.4. The van der Waals surface area contributed by atoms with Crippen molar-refractivity contribution in [3.8, 4) is 5.88 Å². The Balaban J connectivity index is 1.90. The Labute approximate surface area is 169 Å². The average Bonchev–Trinajstić information content (AvgIpc) is 3.11. The third kappa shape index (κ3) is 4.50. The molecular weight excluding hydrogens is 409 g/mol. The Morgan fingerprint density at radius 2 is 1.80 bits per heavy atom. The number of rotatable bonds is 6. The molecule has 30 heavy (non-hydrogen) atoms. The number of ether oxygens (including phenoxy) is 2. The van der Waals surface area contributed by atoms with E-state index in [2.05, 4.69) is 11.7 Å². The standard InChI is InChI=1S/C19H21F3N2O6/c1-2-9-3-5-10(6-4-9)7-11-16(19(20,21)22)23-24-17(11)30-18-15(28)14(27)13(26)12(8-25)29-18/h2-6,12-15,18,25-28H,1,7-8H2,(H,23,24)/t12-,13-,14+,15-,18-/m1/s1. The lowest BCUT2D eigenvalue weighted by Crippen LogP contribution is -2.60. The smallest absolute Gasteiger partial charge is 0.433 e. The molecule has 5 N–H and O–H groups in total. The fraction of sp³-hybridized carbons (Fsp3) is 0.421. The summed E-state index contributed by atoms with van der Waals surface area (Å²) in [6, 6.07) is 6.63. The molecule has 3 rings (SSSR count). The highest BCUT2D eigenvalue weighted by molar-refractivity contribution is 5.48. The number of nitrogens with zero attached hydrogens (tertiary/aromatic N) is 1. The number of nitrogens with one attached hydrogen (secondary N) is 1. The third-order valence-electron chi connectivity index (χ3n) is 4.79. The molecule has 1 saturated heterocycles.